The number of methoxy groups -OCH3 is 1. The third-order valence-corrected chi connectivity index (χ3v) is 5.11. The molecule has 6 heteroatoms. The second-order valence-electron chi connectivity index (χ2n) is 6.74. The zero-order chi connectivity index (χ0) is 16.6. The van der Waals surface area contributed by atoms with Crippen molar-refractivity contribution in [2.75, 3.05) is 40.0 Å². The molecular weight excluding hydrogens is 310 g/mol. The Morgan fingerprint density at radius 3 is 2.92 bits per heavy atom. The highest BCUT2D eigenvalue weighted by Gasteiger charge is 2.47. The molecule has 2 fully saturated rings. The summed E-state index contributed by atoms with van der Waals surface area (Å²) < 4.78 is 22.7. The van der Waals surface area contributed by atoms with Gasteiger partial charge >= 0.3 is 0 Å². The molecule has 1 spiro atoms. The van der Waals surface area contributed by atoms with Crippen molar-refractivity contribution < 1.29 is 23.7 Å². The van der Waals surface area contributed by atoms with Gasteiger partial charge in [-0.15, -0.1) is 0 Å². The lowest BCUT2D eigenvalue weighted by atomic mass is 9.98. The minimum absolute atomic E-state index is 0.0204. The normalized spacial score (nSPS) is 29.0. The largest absolute Gasteiger partial charge is 0.490 e. The molecule has 1 aromatic carbocycles. The van der Waals surface area contributed by atoms with Crippen LogP contribution in [0.3, 0.4) is 0 Å². The Bertz CT molecular complexity index is 634. The van der Waals surface area contributed by atoms with E-state index >= 15 is 0 Å². The number of carbonyl (C=O) groups is 1. The minimum atomic E-state index is -0.234. The summed E-state index contributed by atoms with van der Waals surface area (Å²) in [4.78, 5) is 14.7. The van der Waals surface area contributed by atoms with Gasteiger partial charge in [-0.2, -0.15) is 0 Å². The standard InChI is InChI=1S/C18H23NO5/c1-21-14-10-18(24-11-14)5-6-19(12-18)17(20)13-3-4-15-16(9-13)23-8-2-7-22-15/h3-4,9,14H,2,5-8,10-12H2,1H3/t14-,18+/m1/s1. The van der Waals surface area contributed by atoms with E-state index in [1.54, 1.807) is 13.2 Å². The number of nitrogens with zero attached hydrogens (tertiary/aromatic N) is 1. The Morgan fingerprint density at radius 1 is 1.29 bits per heavy atom. The van der Waals surface area contributed by atoms with Crippen molar-refractivity contribution in [3.63, 3.8) is 0 Å². The Morgan fingerprint density at radius 2 is 2.12 bits per heavy atom. The highest BCUT2D eigenvalue weighted by atomic mass is 16.6. The van der Waals surface area contributed by atoms with Crippen molar-refractivity contribution in [3.8, 4) is 11.5 Å². The van der Waals surface area contributed by atoms with Crippen LogP contribution in [0.2, 0.25) is 0 Å². The number of fused-ring (bicyclic) bond motifs is 1. The van der Waals surface area contributed by atoms with Crippen molar-refractivity contribution in [1.82, 2.24) is 4.90 Å². The lowest BCUT2D eigenvalue weighted by Gasteiger charge is -2.23. The lowest BCUT2D eigenvalue weighted by Crippen LogP contribution is -2.36. The third kappa shape index (κ3) is 2.84. The first-order chi connectivity index (χ1) is 11.7. The smallest absolute Gasteiger partial charge is 0.254 e. The van der Waals surface area contributed by atoms with Gasteiger partial charge in [-0.1, -0.05) is 0 Å². The topological polar surface area (TPSA) is 57.2 Å². The maximum atomic E-state index is 12.9. The van der Waals surface area contributed by atoms with Crippen LogP contribution in [0, 0.1) is 0 Å². The first-order valence-corrected chi connectivity index (χ1v) is 8.55. The van der Waals surface area contributed by atoms with Gasteiger partial charge < -0.3 is 23.8 Å². The van der Waals surface area contributed by atoms with E-state index in [4.69, 9.17) is 18.9 Å². The van der Waals surface area contributed by atoms with Crippen LogP contribution in [-0.2, 0) is 9.47 Å². The zero-order valence-electron chi connectivity index (χ0n) is 14.0. The average Bonchev–Trinajstić information content (AvgIpc) is 3.14. The van der Waals surface area contributed by atoms with Crippen molar-refractivity contribution in [2.24, 2.45) is 0 Å². The van der Waals surface area contributed by atoms with Crippen LogP contribution >= 0.6 is 0 Å². The van der Waals surface area contributed by atoms with E-state index in [9.17, 15) is 4.79 Å². The predicted molar refractivity (Wildman–Crippen MR) is 86.7 cm³/mol. The number of rotatable bonds is 2. The first kappa shape index (κ1) is 15.7. The van der Waals surface area contributed by atoms with Gasteiger partial charge in [0.15, 0.2) is 11.5 Å². The van der Waals surface area contributed by atoms with Gasteiger partial charge in [0.2, 0.25) is 0 Å². The Kier molecular flexibility index (Phi) is 4.10. The van der Waals surface area contributed by atoms with E-state index < -0.39 is 0 Å². The molecule has 0 radical (unpaired) electrons. The summed E-state index contributed by atoms with van der Waals surface area (Å²) >= 11 is 0. The molecule has 24 heavy (non-hydrogen) atoms. The molecular formula is C18H23NO5. The summed E-state index contributed by atoms with van der Waals surface area (Å²) in [5.41, 5.74) is 0.402. The molecule has 4 rings (SSSR count). The summed E-state index contributed by atoms with van der Waals surface area (Å²) in [5.74, 6) is 1.39. The zero-order valence-corrected chi connectivity index (χ0v) is 14.0. The molecule has 0 aliphatic carbocycles. The van der Waals surface area contributed by atoms with Crippen LogP contribution in [0.15, 0.2) is 18.2 Å². The first-order valence-electron chi connectivity index (χ1n) is 8.55. The number of hydrogen-bond acceptors (Lipinski definition) is 5. The minimum Gasteiger partial charge on any atom is -0.490 e. The van der Waals surface area contributed by atoms with Gasteiger partial charge in [0, 0.05) is 32.1 Å². The highest BCUT2D eigenvalue weighted by molar-refractivity contribution is 5.95. The molecule has 2 saturated heterocycles. The van der Waals surface area contributed by atoms with Crippen LogP contribution in [-0.4, -0.2) is 62.5 Å². The summed E-state index contributed by atoms with van der Waals surface area (Å²) in [7, 11) is 1.71. The van der Waals surface area contributed by atoms with E-state index in [2.05, 4.69) is 0 Å². The number of carbonyl (C=O) groups excluding carboxylic acids is 1. The SMILES string of the molecule is CO[C@H]1CO[C@@]2(CCN(C(=O)c3ccc4c(c3)OCCCO4)C2)C1. The van der Waals surface area contributed by atoms with Gasteiger partial charge in [0.1, 0.15) is 0 Å². The number of likely N-dealkylation sites (tertiary alicyclic amines) is 1. The van der Waals surface area contributed by atoms with Crippen molar-refractivity contribution >= 4 is 5.91 Å². The fourth-order valence-corrected chi connectivity index (χ4v) is 3.74. The molecule has 0 saturated carbocycles. The fraction of sp³-hybridized carbons (Fsp3) is 0.611. The van der Waals surface area contributed by atoms with Crippen LogP contribution < -0.4 is 9.47 Å². The average molecular weight is 333 g/mol. The molecule has 3 aliphatic rings. The second-order valence-corrected chi connectivity index (χ2v) is 6.74. The molecule has 3 aliphatic heterocycles. The number of benzene rings is 1. The van der Waals surface area contributed by atoms with Gasteiger partial charge in [0.25, 0.3) is 5.91 Å². The lowest BCUT2D eigenvalue weighted by molar-refractivity contribution is 0.00702. The van der Waals surface area contributed by atoms with E-state index in [0.717, 1.165) is 19.3 Å². The summed E-state index contributed by atoms with van der Waals surface area (Å²) in [5, 5.41) is 0. The molecule has 130 valence electrons. The molecule has 0 unspecified atom stereocenters. The molecule has 1 aromatic rings. The second kappa shape index (κ2) is 6.26. The molecule has 6 nitrogen and oxygen atoms in total. The van der Waals surface area contributed by atoms with Gasteiger partial charge in [0.05, 0.1) is 38.1 Å². The number of amides is 1. The number of ether oxygens (including phenoxy) is 4. The van der Waals surface area contributed by atoms with E-state index in [1.165, 1.54) is 0 Å². The van der Waals surface area contributed by atoms with Crippen LogP contribution in [0.1, 0.15) is 29.6 Å². The molecule has 3 heterocycles. The highest BCUT2D eigenvalue weighted by Crippen LogP contribution is 2.37. The molecule has 2 atom stereocenters. The van der Waals surface area contributed by atoms with Crippen LogP contribution in [0.4, 0.5) is 0 Å². The predicted octanol–water partition coefficient (Wildman–Crippen LogP) is 1.87. The van der Waals surface area contributed by atoms with Crippen molar-refractivity contribution in [2.45, 2.75) is 31.0 Å². The van der Waals surface area contributed by atoms with Gasteiger partial charge in [-0.05, 0) is 24.6 Å². The third-order valence-electron chi connectivity index (χ3n) is 5.11. The van der Waals surface area contributed by atoms with Gasteiger partial charge in [-0.25, -0.2) is 0 Å². The fourth-order valence-electron chi connectivity index (χ4n) is 3.74. The molecule has 0 N–H and O–H groups in total. The monoisotopic (exact) mass is 333 g/mol. The van der Waals surface area contributed by atoms with Crippen molar-refractivity contribution in [3.05, 3.63) is 23.8 Å². The summed E-state index contributed by atoms with van der Waals surface area (Å²) in [6.07, 6.45) is 2.71. The van der Waals surface area contributed by atoms with Crippen molar-refractivity contribution in [1.29, 1.82) is 0 Å². The van der Waals surface area contributed by atoms with Gasteiger partial charge in [-0.3, -0.25) is 4.79 Å². The van der Waals surface area contributed by atoms with E-state index in [-0.39, 0.29) is 17.6 Å². The maximum absolute atomic E-state index is 12.9. The molecule has 0 bridgehead atoms. The van der Waals surface area contributed by atoms with Crippen LogP contribution in [0.5, 0.6) is 11.5 Å². The Hall–Kier alpha value is -1.79. The number of hydrogen-bond donors (Lipinski definition) is 0. The summed E-state index contributed by atoms with van der Waals surface area (Å²) in [6.45, 7) is 3.21. The maximum Gasteiger partial charge on any atom is 0.254 e. The van der Waals surface area contributed by atoms with E-state index in [1.807, 2.05) is 17.0 Å². The quantitative estimate of drug-likeness (QED) is 0.827. The van der Waals surface area contributed by atoms with Crippen LogP contribution in [0.25, 0.3) is 0 Å². The Labute approximate surface area is 141 Å². The summed E-state index contributed by atoms with van der Waals surface area (Å²) in [6, 6.07) is 5.43. The Balaban J connectivity index is 1.48. The molecule has 0 aromatic heterocycles. The molecule has 1 amide bonds. The van der Waals surface area contributed by atoms with E-state index in [0.29, 0.717) is 50.0 Å².